The second-order valence-electron chi connectivity index (χ2n) is 3.13. The van der Waals surface area contributed by atoms with Gasteiger partial charge in [0.1, 0.15) is 0 Å². The summed E-state index contributed by atoms with van der Waals surface area (Å²) in [5.41, 5.74) is 0. The molecule has 0 aromatic rings. The van der Waals surface area contributed by atoms with Crippen molar-refractivity contribution in [2.45, 2.75) is 24.4 Å². The largest absolute Gasteiger partial charge is 1.00 e. The van der Waals surface area contributed by atoms with Gasteiger partial charge in [-0.15, -0.1) is 0 Å². The van der Waals surface area contributed by atoms with E-state index in [1.54, 1.807) is 0 Å². The van der Waals surface area contributed by atoms with Crippen LogP contribution in [0, 0.1) is 0 Å². The van der Waals surface area contributed by atoms with Gasteiger partial charge in [-0.3, -0.25) is 0 Å². The Morgan fingerprint density at radius 1 is 0.522 bits per heavy atom. The van der Waals surface area contributed by atoms with Crippen molar-refractivity contribution in [1.82, 2.24) is 0 Å². The van der Waals surface area contributed by atoms with Crippen molar-refractivity contribution >= 4 is 23.9 Å². The average molecular weight is 398 g/mol. The summed E-state index contributed by atoms with van der Waals surface area (Å²) in [6, 6.07) is 0. The van der Waals surface area contributed by atoms with Crippen molar-refractivity contribution in [2.75, 3.05) is 0 Å². The molecule has 0 radical (unpaired) electrons. The van der Waals surface area contributed by atoms with Crippen molar-refractivity contribution in [3.8, 4) is 0 Å². The molecule has 10 N–H and O–H groups in total. The molecule has 0 aliphatic heterocycles. The number of aliphatic hydroxyl groups excluding tert-OH is 4. The summed E-state index contributed by atoms with van der Waals surface area (Å²) in [6.07, 6.45) is -9.06. The van der Waals surface area contributed by atoms with Gasteiger partial charge in [0, 0.05) is 0 Å². The van der Waals surface area contributed by atoms with E-state index >= 15 is 0 Å². The molecule has 23 heavy (non-hydrogen) atoms. The van der Waals surface area contributed by atoms with Crippen LogP contribution >= 0.6 is 0 Å². The molecule has 0 aromatic carbocycles. The summed E-state index contributed by atoms with van der Waals surface area (Å²) in [6.45, 7) is 0. The fraction of sp³-hybridized carbons (Fsp3) is 0.500. The summed E-state index contributed by atoms with van der Waals surface area (Å²) >= 11 is 0. The van der Waals surface area contributed by atoms with E-state index in [4.69, 9.17) is 40.9 Å². The molecule has 0 spiro atoms. The van der Waals surface area contributed by atoms with Crippen LogP contribution in [0.25, 0.3) is 0 Å². The summed E-state index contributed by atoms with van der Waals surface area (Å²) in [4.78, 5) is 39.1. The first-order chi connectivity index (χ1) is 8.93. The fourth-order valence-electron chi connectivity index (χ4n) is 0.540. The number of aliphatic hydroxyl groups is 4. The standard InChI is InChI=1S/2C4H6O6.2K.H2O.2H/c2*5-1(3(7)8)2(6)4(9)10;;;;;/h2*1-2,5-6H,(H,7,8)(H,9,10);;;1H2;;/q;;2*+1;;2*-1. The Morgan fingerprint density at radius 3 is 0.652 bits per heavy atom. The molecule has 4 atom stereocenters. The smallest absolute Gasteiger partial charge is 1.00 e. The summed E-state index contributed by atoms with van der Waals surface area (Å²) in [5.74, 6) is -7.07. The van der Waals surface area contributed by atoms with Crippen LogP contribution in [0.5, 0.6) is 0 Å². The SMILES string of the molecule is O.O=C(O)C(O)C(O)C(=O)O.O=C(O)C(O)C(O)C(=O)O.[H-].[H-].[K+].[K+]. The van der Waals surface area contributed by atoms with Crippen LogP contribution in [0.4, 0.5) is 0 Å². The van der Waals surface area contributed by atoms with E-state index in [-0.39, 0.29) is 111 Å². The molecular weight excluding hydrogens is 382 g/mol. The van der Waals surface area contributed by atoms with Crippen molar-refractivity contribution in [3.63, 3.8) is 0 Å². The molecule has 128 valence electrons. The molecule has 0 aliphatic carbocycles. The van der Waals surface area contributed by atoms with Gasteiger partial charge in [-0.05, 0) is 0 Å². The molecule has 0 heterocycles. The monoisotopic (exact) mass is 398 g/mol. The third kappa shape index (κ3) is 16.2. The number of rotatable bonds is 6. The van der Waals surface area contributed by atoms with Crippen LogP contribution < -0.4 is 103 Å². The molecule has 0 amide bonds. The third-order valence-corrected chi connectivity index (χ3v) is 1.61. The molecule has 0 aromatic heterocycles. The van der Waals surface area contributed by atoms with Crippen molar-refractivity contribution in [2.24, 2.45) is 0 Å². The van der Waals surface area contributed by atoms with Gasteiger partial charge in [0.15, 0.2) is 24.4 Å². The Hall–Kier alpha value is 0.953. The second-order valence-corrected chi connectivity index (χ2v) is 3.13. The van der Waals surface area contributed by atoms with Gasteiger partial charge in [-0.25, -0.2) is 19.2 Å². The molecule has 0 bridgehead atoms. The molecule has 0 saturated carbocycles. The predicted molar refractivity (Wildman–Crippen MR) is 60.4 cm³/mol. The van der Waals surface area contributed by atoms with Gasteiger partial charge in [-0.2, -0.15) is 0 Å². The number of hydrogen-bond donors (Lipinski definition) is 8. The zero-order chi connectivity index (χ0) is 16.6. The van der Waals surface area contributed by atoms with Gasteiger partial charge >= 0.3 is 127 Å². The maximum atomic E-state index is 9.77. The molecular formula is C8H16K2O13. The fourth-order valence-corrected chi connectivity index (χ4v) is 0.540. The molecule has 15 heteroatoms. The van der Waals surface area contributed by atoms with E-state index < -0.39 is 48.3 Å². The molecule has 4 unspecified atom stereocenters. The molecule has 0 rings (SSSR count). The van der Waals surface area contributed by atoms with Gasteiger partial charge in [0.25, 0.3) is 0 Å². The van der Waals surface area contributed by atoms with Crippen molar-refractivity contribution < 1.29 is 171 Å². The van der Waals surface area contributed by atoms with E-state index in [0.717, 1.165) is 0 Å². The average Bonchev–Trinajstić information content (AvgIpc) is 2.35. The number of aliphatic carboxylic acids is 4. The maximum absolute atomic E-state index is 9.77. The number of carboxylic acids is 4. The number of carboxylic acid groups (broad SMARTS) is 4. The van der Waals surface area contributed by atoms with E-state index in [9.17, 15) is 19.2 Å². The topological polar surface area (TPSA) is 262 Å². The predicted octanol–water partition coefficient (Wildman–Crippen LogP) is -10.8. The zero-order valence-corrected chi connectivity index (χ0v) is 18.3. The first kappa shape index (κ1) is 35.1. The van der Waals surface area contributed by atoms with E-state index in [0.29, 0.717) is 0 Å². The van der Waals surface area contributed by atoms with Crippen LogP contribution in [-0.4, -0.2) is 94.6 Å². The van der Waals surface area contributed by atoms with Gasteiger partial charge in [0.2, 0.25) is 0 Å². The summed E-state index contributed by atoms with van der Waals surface area (Å²) in [5, 5.41) is 65.1. The maximum Gasteiger partial charge on any atom is 1.00 e. The third-order valence-electron chi connectivity index (χ3n) is 1.61. The first-order valence-electron chi connectivity index (χ1n) is 4.57. The quantitative estimate of drug-likeness (QED) is 0.194. The van der Waals surface area contributed by atoms with E-state index in [1.165, 1.54) is 0 Å². The van der Waals surface area contributed by atoms with Crippen LogP contribution in [0.15, 0.2) is 0 Å². The Morgan fingerprint density at radius 2 is 0.609 bits per heavy atom. The molecule has 0 saturated heterocycles. The van der Waals surface area contributed by atoms with E-state index in [1.807, 2.05) is 0 Å². The molecule has 0 aliphatic rings. The van der Waals surface area contributed by atoms with E-state index in [2.05, 4.69) is 0 Å². The van der Waals surface area contributed by atoms with Gasteiger partial charge < -0.3 is 49.2 Å². The Balaban J connectivity index is -0.0000000432. The number of carbonyl (C=O) groups is 4. The minimum atomic E-state index is -2.27. The van der Waals surface area contributed by atoms with Crippen LogP contribution in [0.3, 0.4) is 0 Å². The minimum Gasteiger partial charge on any atom is -1.00 e. The molecule has 0 fully saturated rings. The minimum absolute atomic E-state index is 0. The van der Waals surface area contributed by atoms with Crippen LogP contribution in [-0.2, 0) is 19.2 Å². The van der Waals surface area contributed by atoms with Gasteiger partial charge in [-0.1, -0.05) is 0 Å². The summed E-state index contributed by atoms with van der Waals surface area (Å²) in [7, 11) is 0. The van der Waals surface area contributed by atoms with Crippen LogP contribution in [0.1, 0.15) is 2.85 Å². The zero-order valence-electron chi connectivity index (χ0n) is 14.0. The Bertz CT molecular complexity index is 324. The summed E-state index contributed by atoms with van der Waals surface area (Å²) < 4.78 is 0. The Labute approximate surface area is 216 Å². The first-order valence-corrected chi connectivity index (χ1v) is 4.57. The second kappa shape index (κ2) is 17.8. The Kier molecular flexibility index (Phi) is 27.1. The van der Waals surface area contributed by atoms with Crippen LogP contribution in [0.2, 0.25) is 0 Å². The van der Waals surface area contributed by atoms with Gasteiger partial charge in [0.05, 0.1) is 0 Å². The molecule has 13 nitrogen and oxygen atoms in total. The van der Waals surface area contributed by atoms with Crippen molar-refractivity contribution in [3.05, 3.63) is 0 Å². The normalized spacial score (nSPS) is 13.7. The van der Waals surface area contributed by atoms with Crippen molar-refractivity contribution in [1.29, 1.82) is 0 Å². The number of hydrogen-bond acceptors (Lipinski definition) is 8.